The van der Waals surface area contributed by atoms with E-state index in [9.17, 15) is 0 Å². The Bertz CT molecular complexity index is 1360. The van der Waals surface area contributed by atoms with E-state index < -0.39 is 0 Å². The van der Waals surface area contributed by atoms with Crippen molar-refractivity contribution in [1.82, 2.24) is 19.9 Å². The van der Waals surface area contributed by atoms with E-state index in [1.807, 2.05) is 0 Å². The Labute approximate surface area is 193 Å². The summed E-state index contributed by atoms with van der Waals surface area (Å²) in [6.07, 6.45) is 9.05. The monoisotopic (exact) mass is 439 g/mol. The summed E-state index contributed by atoms with van der Waals surface area (Å²) in [5, 5.41) is 3.29. The third-order valence-corrected chi connectivity index (χ3v) is 7.20. The van der Waals surface area contributed by atoms with E-state index in [1.165, 1.54) is 53.1 Å². The zero-order valence-corrected chi connectivity index (χ0v) is 19.0. The van der Waals surface area contributed by atoms with Gasteiger partial charge in [0.05, 0.1) is 11.4 Å². The fourth-order valence-corrected chi connectivity index (χ4v) is 5.32. The summed E-state index contributed by atoms with van der Waals surface area (Å²) in [5.74, 6) is 1.80. The molecule has 4 aromatic rings. The molecule has 0 bridgehead atoms. The number of aromatic nitrogens is 4. The van der Waals surface area contributed by atoms with Gasteiger partial charge in [0.1, 0.15) is 5.82 Å². The fraction of sp³-hybridized carbons (Fsp3) is 0.385. The number of anilines is 3. The van der Waals surface area contributed by atoms with Gasteiger partial charge in [0.2, 0.25) is 11.9 Å². The molecule has 7 nitrogen and oxygen atoms in total. The molecule has 168 valence electrons. The van der Waals surface area contributed by atoms with Gasteiger partial charge in [-0.25, -0.2) is 4.98 Å². The topological polar surface area (TPSA) is 107 Å². The van der Waals surface area contributed by atoms with Crippen molar-refractivity contribution >= 4 is 39.5 Å². The number of aryl methyl sites for hydroxylation is 1. The minimum absolute atomic E-state index is 0.134. The Morgan fingerprint density at radius 1 is 1.03 bits per heavy atom. The van der Waals surface area contributed by atoms with Crippen molar-refractivity contribution in [3.8, 4) is 0 Å². The van der Waals surface area contributed by atoms with Crippen molar-refractivity contribution in [2.45, 2.75) is 51.5 Å². The number of nitrogens with two attached hydrogens (primary N) is 2. The molecule has 1 saturated carbocycles. The summed E-state index contributed by atoms with van der Waals surface area (Å²) < 4.78 is 0. The van der Waals surface area contributed by atoms with E-state index in [0.717, 1.165) is 19.4 Å². The molecule has 4 N–H and O–H groups in total. The van der Waals surface area contributed by atoms with Gasteiger partial charge in [0.25, 0.3) is 0 Å². The zero-order chi connectivity index (χ0) is 22.5. The molecule has 2 aliphatic rings. The van der Waals surface area contributed by atoms with Crippen LogP contribution in [0.3, 0.4) is 0 Å². The summed E-state index contributed by atoms with van der Waals surface area (Å²) >= 11 is 0. The number of fused-ring (bicyclic) bond motifs is 3. The maximum Gasteiger partial charge on any atom is 0.227 e. The molecule has 2 aliphatic carbocycles. The highest BCUT2D eigenvalue weighted by molar-refractivity contribution is 5.89. The largest absolute Gasteiger partial charge is 0.383 e. The van der Waals surface area contributed by atoms with Gasteiger partial charge in [-0.05, 0) is 78.8 Å². The van der Waals surface area contributed by atoms with Crippen LogP contribution in [-0.2, 0) is 12.8 Å². The van der Waals surface area contributed by atoms with Crippen LogP contribution in [0.25, 0.3) is 21.8 Å². The van der Waals surface area contributed by atoms with Crippen molar-refractivity contribution in [3.05, 3.63) is 53.2 Å². The van der Waals surface area contributed by atoms with Crippen LogP contribution < -0.4 is 16.4 Å². The average molecular weight is 440 g/mol. The highest BCUT2D eigenvalue weighted by Crippen LogP contribution is 2.40. The molecule has 0 saturated heterocycles. The van der Waals surface area contributed by atoms with Crippen LogP contribution in [0.5, 0.6) is 0 Å². The first-order valence-electron chi connectivity index (χ1n) is 11.9. The first-order valence-corrected chi connectivity index (χ1v) is 11.9. The summed E-state index contributed by atoms with van der Waals surface area (Å²) in [5.41, 5.74) is 16.8. The summed E-state index contributed by atoms with van der Waals surface area (Å²) in [4.78, 5) is 20.3. The fourth-order valence-electron chi connectivity index (χ4n) is 5.32. The number of hydrogen-bond acceptors (Lipinski definition) is 7. The van der Waals surface area contributed by atoms with Gasteiger partial charge < -0.3 is 16.4 Å². The SMILES string of the molecule is CC(c1c2c(cc3ccccc13)CCCC2)N(CC1CC1)c1ncc2c(N)nc(N)nc2n1. The number of rotatable bonds is 5. The van der Waals surface area contributed by atoms with Gasteiger partial charge >= 0.3 is 0 Å². The van der Waals surface area contributed by atoms with Gasteiger partial charge in [-0.1, -0.05) is 30.3 Å². The molecular weight excluding hydrogens is 410 g/mol. The van der Waals surface area contributed by atoms with Crippen molar-refractivity contribution in [2.75, 3.05) is 22.9 Å². The molecule has 0 aliphatic heterocycles. The second kappa shape index (κ2) is 7.83. The lowest BCUT2D eigenvalue weighted by atomic mass is 9.82. The van der Waals surface area contributed by atoms with E-state index >= 15 is 0 Å². The first kappa shape index (κ1) is 20.1. The van der Waals surface area contributed by atoms with Crippen LogP contribution in [0.15, 0.2) is 36.5 Å². The Morgan fingerprint density at radius 2 is 1.85 bits per heavy atom. The first-order chi connectivity index (χ1) is 16.1. The third kappa shape index (κ3) is 3.61. The van der Waals surface area contributed by atoms with Crippen LogP contribution >= 0.6 is 0 Å². The molecule has 0 radical (unpaired) electrons. The van der Waals surface area contributed by atoms with E-state index in [4.69, 9.17) is 21.4 Å². The summed E-state index contributed by atoms with van der Waals surface area (Å²) in [7, 11) is 0. The molecule has 1 atom stereocenters. The normalized spacial score (nSPS) is 16.6. The minimum atomic E-state index is 0.134. The standard InChI is InChI=1S/C26H29N7/c1-15(22-19-8-4-2-6-17(19)12-18-7-3-5-9-20(18)22)33(14-16-10-11-16)26-29-13-21-23(27)30-25(28)31-24(21)32-26/h2,4,6,8,12-13,15-16H,3,5,7,9-11,14H2,1H3,(H4,27,28,29,30,31,32). The molecule has 0 spiro atoms. The molecular formula is C26H29N7. The molecule has 2 aromatic heterocycles. The molecule has 6 rings (SSSR count). The van der Waals surface area contributed by atoms with Gasteiger partial charge in [-0.15, -0.1) is 0 Å². The smallest absolute Gasteiger partial charge is 0.227 e. The number of nitrogen functional groups attached to an aromatic ring is 2. The minimum Gasteiger partial charge on any atom is -0.383 e. The maximum atomic E-state index is 6.04. The molecule has 1 fully saturated rings. The lowest BCUT2D eigenvalue weighted by Crippen LogP contribution is -2.32. The van der Waals surface area contributed by atoms with E-state index in [2.05, 4.69) is 52.1 Å². The number of nitrogens with zero attached hydrogens (tertiary/aromatic N) is 5. The second-order valence-corrected chi connectivity index (χ2v) is 9.50. The molecule has 2 heterocycles. The van der Waals surface area contributed by atoms with E-state index in [0.29, 0.717) is 28.7 Å². The van der Waals surface area contributed by atoms with E-state index in [1.54, 1.807) is 6.20 Å². The maximum absolute atomic E-state index is 6.04. The lowest BCUT2D eigenvalue weighted by Gasteiger charge is -2.33. The molecule has 33 heavy (non-hydrogen) atoms. The molecule has 1 unspecified atom stereocenters. The summed E-state index contributed by atoms with van der Waals surface area (Å²) in [6, 6.07) is 11.3. The van der Waals surface area contributed by atoms with Crippen molar-refractivity contribution in [2.24, 2.45) is 5.92 Å². The number of hydrogen-bond donors (Lipinski definition) is 2. The quantitative estimate of drug-likeness (QED) is 0.468. The number of benzene rings is 2. The summed E-state index contributed by atoms with van der Waals surface area (Å²) in [6.45, 7) is 3.23. The predicted molar refractivity (Wildman–Crippen MR) is 133 cm³/mol. The molecule has 7 heteroatoms. The highest BCUT2D eigenvalue weighted by atomic mass is 15.3. The van der Waals surface area contributed by atoms with Crippen molar-refractivity contribution < 1.29 is 0 Å². The Balaban J connectivity index is 1.51. The van der Waals surface area contributed by atoms with Crippen LogP contribution in [0, 0.1) is 5.92 Å². The molecule has 2 aromatic carbocycles. The Hall–Kier alpha value is -3.48. The second-order valence-electron chi connectivity index (χ2n) is 9.50. The van der Waals surface area contributed by atoms with Gasteiger partial charge in [0.15, 0.2) is 5.65 Å². The third-order valence-electron chi connectivity index (χ3n) is 7.20. The van der Waals surface area contributed by atoms with Crippen molar-refractivity contribution in [1.29, 1.82) is 0 Å². The zero-order valence-electron chi connectivity index (χ0n) is 19.0. The lowest BCUT2D eigenvalue weighted by molar-refractivity contribution is 0.605. The van der Waals surface area contributed by atoms with Gasteiger partial charge in [-0.3, -0.25) is 0 Å². The van der Waals surface area contributed by atoms with Crippen LogP contribution in [0.4, 0.5) is 17.7 Å². The predicted octanol–water partition coefficient (Wildman–Crippen LogP) is 4.59. The van der Waals surface area contributed by atoms with E-state index in [-0.39, 0.29) is 12.0 Å². The average Bonchev–Trinajstić information content (AvgIpc) is 3.64. The highest BCUT2D eigenvalue weighted by Gasteiger charge is 2.31. The van der Waals surface area contributed by atoms with Crippen LogP contribution in [-0.4, -0.2) is 26.5 Å². The Kier molecular flexibility index (Phi) is 4.78. The van der Waals surface area contributed by atoms with Gasteiger partial charge in [0, 0.05) is 12.7 Å². The van der Waals surface area contributed by atoms with Crippen LogP contribution in [0.1, 0.15) is 55.3 Å². The van der Waals surface area contributed by atoms with Crippen LogP contribution in [0.2, 0.25) is 0 Å². The van der Waals surface area contributed by atoms with Crippen molar-refractivity contribution in [3.63, 3.8) is 0 Å². The molecule has 0 amide bonds. The van der Waals surface area contributed by atoms with Gasteiger partial charge in [-0.2, -0.15) is 15.0 Å². The Morgan fingerprint density at radius 3 is 2.70 bits per heavy atom.